The predicted molar refractivity (Wildman–Crippen MR) is 66.2 cm³/mol. The van der Waals surface area contributed by atoms with Crippen molar-refractivity contribution >= 4 is 11.5 Å². The van der Waals surface area contributed by atoms with Crippen LogP contribution in [-0.2, 0) is 0 Å². The van der Waals surface area contributed by atoms with Crippen LogP contribution in [0.15, 0.2) is 30.6 Å². The van der Waals surface area contributed by atoms with Crippen LogP contribution in [0.4, 0.5) is 11.5 Å². The molecule has 8 nitrogen and oxygen atoms in total. The number of aromatic nitrogens is 2. The largest absolute Gasteiger partial charge is 0.493 e. The van der Waals surface area contributed by atoms with E-state index >= 15 is 0 Å². The molecule has 0 fully saturated rings. The van der Waals surface area contributed by atoms with Crippen LogP contribution in [0.25, 0.3) is 0 Å². The molecule has 2 rings (SSSR count). The summed E-state index contributed by atoms with van der Waals surface area (Å²) in [6.07, 6.45) is 2.81. The topological polar surface area (TPSA) is 113 Å². The van der Waals surface area contributed by atoms with Gasteiger partial charge in [0.1, 0.15) is 0 Å². The fraction of sp³-hybridized carbons (Fsp3) is 0.0909. The molecule has 8 heteroatoms. The second kappa shape index (κ2) is 5.17. The number of nitrogens with two attached hydrogens (primary N) is 1. The van der Waals surface area contributed by atoms with Gasteiger partial charge in [0.25, 0.3) is 11.6 Å². The lowest BCUT2D eigenvalue weighted by molar-refractivity contribution is -0.384. The summed E-state index contributed by atoms with van der Waals surface area (Å²) in [5.74, 6) is 0.608. The zero-order valence-electron chi connectivity index (χ0n) is 9.94. The van der Waals surface area contributed by atoms with Crippen molar-refractivity contribution in [3.05, 3.63) is 40.7 Å². The Bertz CT molecular complexity index is 617. The lowest BCUT2D eigenvalue weighted by atomic mass is 10.3. The number of hydrogen-bond acceptors (Lipinski definition) is 7. The minimum Gasteiger partial charge on any atom is -0.493 e. The zero-order chi connectivity index (χ0) is 13.8. The Kier molecular flexibility index (Phi) is 3.42. The summed E-state index contributed by atoms with van der Waals surface area (Å²) in [4.78, 5) is 17.9. The summed E-state index contributed by atoms with van der Waals surface area (Å²) in [5, 5.41) is 10.7. The molecule has 0 bridgehead atoms. The van der Waals surface area contributed by atoms with Crippen molar-refractivity contribution in [1.29, 1.82) is 0 Å². The molecule has 0 aliphatic carbocycles. The number of rotatable bonds is 4. The second-order valence-electron chi connectivity index (χ2n) is 3.44. The third-order valence-corrected chi connectivity index (χ3v) is 2.26. The van der Waals surface area contributed by atoms with Gasteiger partial charge < -0.3 is 15.2 Å². The first-order valence-electron chi connectivity index (χ1n) is 5.18. The molecule has 19 heavy (non-hydrogen) atoms. The van der Waals surface area contributed by atoms with Crippen LogP contribution in [0.1, 0.15) is 0 Å². The Morgan fingerprint density at radius 2 is 2.00 bits per heavy atom. The number of nitro benzene ring substituents is 1. The average molecular weight is 262 g/mol. The van der Waals surface area contributed by atoms with Crippen LogP contribution < -0.4 is 15.2 Å². The minimum absolute atomic E-state index is 0.0568. The van der Waals surface area contributed by atoms with Gasteiger partial charge in [-0.25, -0.2) is 9.97 Å². The van der Waals surface area contributed by atoms with E-state index in [4.69, 9.17) is 15.2 Å². The zero-order valence-corrected chi connectivity index (χ0v) is 9.94. The van der Waals surface area contributed by atoms with E-state index < -0.39 is 4.92 Å². The average Bonchev–Trinajstić information content (AvgIpc) is 2.41. The lowest BCUT2D eigenvalue weighted by Gasteiger charge is -2.09. The Balaban J connectivity index is 2.40. The first-order chi connectivity index (χ1) is 9.11. The van der Waals surface area contributed by atoms with Gasteiger partial charge in [-0.3, -0.25) is 10.1 Å². The Morgan fingerprint density at radius 1 is 1.26 bits per heavy atom. The van der Waals surface area contributed by atoms with Gasteiger partial charge in [-0.05, 0) is 6.07 Å². The molecule has 98 valence electrons. The van der Waals surface area contributed by atoms with Gasteiger partial charge in [-0.2, -0.15) is 0 Å². The van der Waals surface area contributed by atoms with Crippen LogP contribution >= 0.6 is 0 Å². The van der Waals surface area contributed by atoms with Crippen LogP contribution in [-0.4, -0.2) is 22.0 Å². The molecule has 0 unspecified atom stereocenters. The molecule has 1 aromatic carbocycles. The fourth-order valence-corrected chi connectivity index (χ4v) is 1.38. The molecule has 0 aliphatic rings. The van der Waals surface area contributed by atoms with Crippen molar-refractivity contribution in [1.82, 2.24) is 9.97 Å². The number of anilines is 1. The van der Waals surface area contributed by atoms with E-state index in [0.29, 0.717) is 5.75 Å². The van der Waals surface area contributed by atoms with Gasteiger partial charge in [0.2, 0.25) is 0 Å². The fourth-order valence-electron chi connectivity index (χ4n) is 1.38. The van der Waals surface area contributed by atoms with Crippen molar-refractivity contribution in [2.75, 3.05) is 12.8 Å². The summed E-state index contributed by atoms with van der Waals surface area (Å²) in [6, 6.07) is 3.97. The number of nitro groups is 1. The normalized spacial score (nSPS) is 9.95. The second-order valence-corrected chi connectivity index (χ2v) is 3.44. The number of non-ortho nitro benzene ring substituents is 1. The van der Waals surface area contributed by atoms with E-state index in [-0.39, 0.29) is 23.1 Å². The lowest BCUT2D eigenvalue weighted by Crippen LogP contribution is -1.99. The molecule has 0 aliphatic heterocycles. The van der Waals surface area contributed by atoms with Crippen molar-refractivity contribution < 1.29 is 14.4 Å². The molecular formula is C11H10N4O4. The first-order valence-corrected chi connectivity index (χ1v) is 5.18. The maximum absolute atomic E-state index is 10.7. The van der Waals surface area contributed by atoms with E-state index in [1.54, 1.807) is 0 Å². The molecule has 1 aromatic heterocycles. The van der Waals surface area contributed by atoms with Gasteiger partial charge in [0.15, 0.2) is 17.3 Å². The molecule has 0 radical (unpaired) electrons. The van der Waals surface area contributed by atoms with Gasteiger partial charge in [0, 0.05) is 18.5 Å². The van der Waals surface area contributed by atoms with Gasteiger partial charge >= 0.3 is 0 Å². The molecule has 0 amide bonds. The number of hydrogen-bond donors (Lipinski definition) is 1. The Labute approximate surface area is 108 Å². The van der Waals surface area contributed by atoms with Gasteiger partial charge in [0.05, 0.1) is 18.1 Å². The van der Waals surface area contributed by atoms with Crippen LogP contribution in [0.3, 0.4) is 0 Å². The van der Waals surface area contributed by atoms with Crippen LogP contribution in [0, 0.1) is 10.1 Å². The highest BCUT2D eigenvalue weighted by Gasteiger charge is 2.15. The van der Waals surface area contributed by atoms with Crippen LogP contribution in [0.5, 0.6) is 17.4 Å². The standard InChI is InChI=1S/C11H10N4O4/c1-18-8-3-2-7(15(16)17)6-9(8)19-11-10(12)13-4-5-14-11/h2-6H,1H3,(H2,12,13). The quantitative estimate of drug-likeness (QED) is 0.659. The SMILES string of the molecule is COc1ccc([N+](=O)[O-])cc1Oc1nccnc1N. The summed E-state index contributed by atoms with van der Waals surface area (Å²) >= 11 is 0. The molecule has 0 spiro atoms. The molecule has 0 atom stereocenters. The van der Waals surface area contributed by atoms with Crippen LogP contribution in [0.2, 0.25) is 0 Å². The minimum atomic E-state index is -0.535. The predicted octanol–water partition coefficient (Wildman–Crippen LogP) is 1.77. The van der Waals surface area contributed by atoms with Gasteiger partial charge in [-0.15, -0.1) is 0 Å². The highest BCUT2D eigenvalue weighted by molar-refractivity contribution is 5.51. The third-order valence-electron chi connectivity index (χ3n) is 2.26. The number of benzene rings is 1. The molecule has 0 saturated heterocycles. The van der Waals surface area contributed by atoms with Crippen molar-refractivity contribution in [2.24, 2.45) is 0 Å². The van der Waals surface area contributed by atoms with Crippen molar-refractivity contribution in [2.45, 2.75) is 0 Å². The Morgan fingerprint density at radius 3 is 2.63 bits per heavy atom. The summed E-state index contributed by atoms with van der Waals surface area (Å²) in [7, 11) is 1.42. The monoisotopic (exact) mass is 262 g/mol. The summed E-state index contributed by atoms with van der Waals surface area (Å²) < 4.78 is 10.4. The number of methoxy groups -OCH3 is 1. The smallest absolute Gasteiger partial charge is 0.273 e. The molecule has 0 saturated carbocycles. The highest BCUT2D eigenvalue weighted by Crippen LogP contribution is 2.35. The summed E-state index contributed by atoms with van der Waals surface area (Å²) in [6.45, 7) is 0. The van der Waals surface area contributed by atoms with Crippen molar-refractivity contribution in [3.63, 3.8) is 0 Å². The molecule has 1 heterocycles. The number of nitrogens with zero attached hydrogens (tertiary/aromatic N) is 3. The number of ether oxygens (including phenoxy) is 2. The Hall–Kier alpha value is -2.90. The van der Waals surface area contributed by atoms with E-state index in [2.05, 4.69) is 9.97 Å². The van der Waals surface area contributed by atoms with Gasteiger partial charge in [-0.1, -0.05) is 0 Å². The van der Waals surface area contributed by atoms with E-state index in [0.717, 1.165) is 0 Å². The maximum Gasteiger partial charge on any atom is 0.273 e. The maximum atomic E-state index is 10.7. The highest BCUT2D eigenvalue weighted by atomic mass is 16.6. The number of nitrogen functional groups attached to an aromatic ring is 1. The van der Waals surface area contributed by atoms with Crippen molar-refractivity contribution in [3.8, 4) is 17.4 Å². The molecular weight excluding hydrogens is 252 g/mol. The van der Waals surface area contributed by atoms with E-state index in [1.807, 2.05) is 0 Å². The van der Waals surface area contributed by atoms with E-state index in [9.17, 15) is 10.1 Å². The summed E-state index contributed by atoms with van der Waals surface area (Å²) in [5.41, 5.74) is 5.46. The first kappa shape index (κ1) is 12.6. The van der Waals surface area contributed by atoms with E-state index in [1.165, 1.54) is 37.7 Å². The molecule has 2 N–H and O–H groups in total. The third kappa shape index (κ3) is 2.68. The molecule has 2 aromatic rings.